The van der Waals surface area contributed by atoms with E-state index >= 15 is 0 Å². The summed E-state index contributed by atoms with van der Waals surface area (Å²) in [6, 6.07) is 0.332. The fourth-order valence-electron chi connectivity index (χ4n) is 3.88. The van der Waals surface area contributed by atoms with Gasteiger partial charge in [-0.1, -0.05) is 6.92 Å². The Morgan fingerprint density at radius 2 is 2.18 bits per heavy atom. The Kier molecular flexibility index (Phi) is 3.78. The quantitative estimate of drug-likeness (QED) is 0.889. The smallest absolute Gasteiger partial charge is 0.138 e. The SMILES string of the molecule is CC1CCc2sc3ncnc(N[C@H]4CCCC(O)C4)c3c2C1. The van der Waals surface area contributed by atoms with Crippen LogP contribution in [0.4, 0.5) is 5.82 Å². The summed E-state index contributed by atoms with van der Waals surface area (Å²) >= 11 is 1.84. The van der Waals surface area contributed by atoms with E-state index in [1.54, 1.807) is 6.33 Å². The van der Waals surface area contributed by atoms with E-state index in [0.29, 0.717) is 6.04 Å². The molecular weight excluding hydrogens is 294 g/mol. The third-order valence-corrected chi connectivity index (χ3v) is 6.27. The van der Waals surface area contributed by atoms with Crippen molar-refractivity contribution in [2.45, 2.75) is 64.0 Å². The highest BCUT2D eigenvalue weighted by atomic mass is 32.1. The topological polar surface area (TPSA) is 58.0 Å². The normalized spacial score (nSPS) is 28.5. The van der Waals surface area contributed by atoms with E-state index in [1.807, 2.05) is 11.3 Å². The molecule has 2 unspecified atom stereocenters. The zero-order valence-electron chi connectivity index (χ0n) is 13.0. The molecule has 0 aliphatic heterocycles. The summed E-state index contributed by atoms with van der Waals surface area (Å²) in [4.78, 5) is 11.7. The summed E-state index contributed by atoms with van der Waals surface area (Å²) < 4.78 is 0. The molecule has 2 aliphatic rings. The van der Waals surface area contributed by atoms with Crippen LogP contribution in [0.2, 0.25) is 0 Å². The zero-order valence-corrected chi connectivity index (χ0v) is 13.8. The fraction of sp³-hybridized carbons (Fsp3) is 0.647. The van der Waals surface area contributed by atoms with Crippen molar-refractivity contribution in [1.82, 2.24) is 9.97 Å². The number of aliphatic hydroxyl groups is 1. The molecule has 3 atom stereocenters. The molecule has 2 aromatic rings. The van der Waals surface area contributed by atoms with Crippen molar-refractivity contribution >= 4 is 27.4 Å². The van der Waals surface area contributed by atoms with Crippen molar-refractivity contribution in [3.05, 3.63) is 16.8 Å². The van der Waals surface area contributed by atoms with Gasteiger partial charge in [-0.15, -0.1) is 11.3 Å². The third-order valence-electron chi connectivity index (χ3n) is 5.07. The highest BCUT2D eigenvalue weighted by Gasteiger charge is 2.25. The summed E-state index contributed by atoms with van der Waals surface area (Å²) in [5.41, 5.74) is 1.47. The van der Waals surface area contributed by atoms with Crippen molar-refractivity contribution in [3.63, 3.8) is 0 Å². The third kappa shape index (κ3) is 2.61. The summed E-state index contributed by atoms with van der Waals surface area (Å²) in [5, 5.41) is 14.7. The largest absolute Gasteiger partial charge is 0.393 e. The van der Waals surface area contributed by atoms with E-state index in [9.17, 15) is 5.11 Å². The Morgan fingerprint density at radius 3 is 3.05 bits per heavy atom. The molecule has 22 heavy (non-hydrogen) atoms. The van der Waals surface area contributed by atoms with Crippen LogP contribution in [0.3, 0.4) is 0 Å². The van der Waals surface area contributed by atoms with Gasteiger partial charge >= 0.3 is 0 Å². The van der Waals surface area contributed by atoms with E-state index in [1.165, 1.54) is 28.7 Å². The van der Waals surface area contributed by atoms with Gasteiger partial charge in [0.1, 0.15) is 17.0 Å². The molecule has 2 aromatic heterocycles. The second-order valence-electron chi connectivity index (χ2n) is 6.92. The lowest BCUT2D eigenvalue weighted by Gasteiger charge is -2.27. The van der Waals surface area contributed by atoms with Crippen LogP contribution in [0, 0.1) is 5.92 Å². The fourth-order valence-corrected chi connectivity index (χ4v) is 5.06. The number of aliphatic hydroxyl groups excluding tert-OH is 1. The standard InChI is InChI=1S/C17H23N3OS/c1-10-5-6-14-13(7-10)15-16(18-9-19-17(15)22-14)20-11-3-2-4-12(21)8-11/h9-12,21H,2-8H2,1H3,(H,18,19,20)/t10?,11-,12?/m0/s1. The second-order valence-corrected chi connectivity index (χ2v) is 8.00. The van der Waals surface area contributed by atoms with Gasteiger partial charge in [-0.05, 0) is 56.4 Å². The number of thiophene rings is 1. The van der Waals surface area contributed by atoms with Crippen LogP contribution < -0.4 is 5.32 Å². The Morgan fingerprint density at radius 1 is 1.27 bits per heavy atom. The van der Waals surface area contributed by atoms with Crippen LogP contribution >= 0.6 is 11.3 Å². The van der Waals surface area contributed by atoms with E-state index in [2.05, 4.69) is 22.2 Å². The van der Waals surface area contributed by atoms with E-state index in [-0.39, 0.29) is 6.10 Å². The van der Waals surface area contributed by atoms with Crippen LogP contribution in [-0.2, 0) is 12.8 Å². The minimum absolute atomic E-state index is 0.167. The molecule has 118 valence electrons. The molecule has 5 heteroatoms. The van der Waals surface area contributed by atoms with Gasteiger partial charge in [-0.3, -0.25) is 0 Å². The zero-order chi connectivity index (χ0) is 15.1. The van der Waals surface area contributed by atoms with Gasteiger partial charge in [0.25, 0.3) is 0 Å². The molecule has 0 aromatic carbocycles. The first-order valence-electron chi connectivity index (χ1n) is 8.40. The van der Waals surface area contributed by atoms with Crippen LogP contribution in [0.1, 0.15) is 49.5 Å². The highest BCUT2D eigenvalue weighted by Crippen LogP contribution is 2.40. The molecule has 4 rings (SSSR count). The van der Waals surface area contributed by atoms with Gasteiger partial charge in [-0.2, -0.15) is 0 Å². The molecule has 2 heterocycles. The Hall–Kier alpha value is -1.20. The lowest BCUT2D eigenvalue weighted by molar-refractivity contribution is 0.124. The summed E-state index contributed by atoms with van der Waals surface area (Å²) in [5.74, 6) is 1.73. The highest BCUT2D eigenvalue weighted by molar-refractivity contribution is 7.19. The maximum absolute atomic E-state index is 9.89. The number of nitrogens with one attached hydrogen (secondary N) is 1. The molecule has 2 aliphatic carbocycles. The first-order valence-corrected chi connectivity index (χ1v) is 9.22. The van der Waals surface area contributed by atoms with Gasteiger partial charge < -0.3 is 10.4 Å². The van der Waals surface area contributed by atoms with Gasteiger partial charge in [0.15, 0.2) is 0 Å². The first kappa shape index (κ1) is 14.4. The summed E-state index contributed by atoms with van der Waals surface area (Å²) in [7, 11) is 0. The number of hydrogen-bond donors (Lipinski definition) is 2. The minimum atomic E-state index is -0.167. The van der Waals surface area contributed by atoms with Gasteiger partial charge in [0, 0.05) is 10.9 Å². The van der Waals surface area contributed by atoms with Gasteiger partial charge in [-0.25, -0.2) is 9.97 Å². The first-order chi connectivity index (χ1) is 10.7. The molecule has 1 saturated carbocycles. The lowest BCUT2D eigenvalue weighted by atomic mass is 9.88. The van der Waals surface area contributed by atoms with Crippen molar-refractivity contribution in [2.75, 3.05) is 5.32 Å². The van der Waals surface area contributed by atoms with Crippen molar-refractivity contribution in [2.24, 2.45) is 5.92 Å². The van der Waals surface area contributed by atoms with Gasteiger partial charge in [0.2, 0.25) is 0 Å². The van der Waals surface area contributed by atoms with Crippen molar-refractivity contribution in [1.29, 1.82) is 0 Å². The predicted molar refractivity (Wildman–Crippen MR) is 90.5 cm³/mol. The maximum Gasteiger partial charge on any atom is 0.138 e. The number of aryl methyl sites for hydroxylation is 1. The minimum Gasteiger partial charge on any atom is -0.393 e. The van der Waals surface area contributed by atoms with Crippen molar-refractivity contribution in [3.8, 4) is 0 Å². The number of nitrogens with zero attached hydrogens (tertiary/aromatic N) is 2. The molecule has 0 radical (unpaired) electrons. The average molecular weight is 317 g/mol. The number of fused-ring (bicyclic) bond motifs is 3. The monoisotopic (exact) mass is 317 g/mol. The molecular formula is C17H23N3OS. The summed E-state index contributed by atoms with van der Waals surface area (Å²) in [6.07, 6.45) is 9.08. The van der Waals surface area contributed by atoms with Crippen LogP contribution in [0.5, 0.6) is 0 Å². The van der Waals surface area contributed by atoms with E-state index < -0.39 is 0 Å². The van der Waals surface area contributed by atoms with Crippen LogP contribution in [0.15, 0.2) is 6.33 Å². The molecule has 4 nitrogen and oxygen atoms in total. The van der Waals surface area contributed by atoms with Crippen molar-refractivity contribution < 1.29 is 5.11 Å². The number of anilines is 1. The summed E-state index contributed by atoms with van der Waals surface area (Å²) in [6.45, 7) is 2.33. The number of rotatable bonds is 2. The molecule has 0 spiro atoms. The van der Waals surface area contributed by atoms with Gasteiger partial charge in [0.05, 0.1) is 11.5 Å². The van der Waals surface area contributed by atoms with E-state index in [0.717, 1.165) is 48.7 Å². The molecule has 0 bridgehead atoms. The average Bonchev–Trinajstić information content (AvgIpc) is 2.86. The Balaban J connectivity index is 1.70. The molecule has 0 saturated heterocycles. The predicted octanol–water partition coefficient (Wildman–Crippen LogP) is 3.53. The van der Waals surface area contributed by atoms with Crippen LogP contribution in [0.25, 0.3) is 10.2 Å². The molecule has 0 amide bonds. The number of aromatic nitrogens is 2. The molecule has 1 fully saturated rings. The Labute approximate surface area is 135 Å². The van der Waals surface area contributed by atoms with Crippen LogP contribution in [-0.4, -0.2) is 27.2 Å². The molecule has 2 N–H and O–H groups in total. The Bertz CT molecular complexity index is 684. The lowest BCUT2D eigenvalue weighted by Crippen LogP contribution is -2.30. The second kappa shape index (κ2) is 5.78. The number of hydrogen-bond acceptors (Lipinski definition) is 5. The van der Waals surface area contributed by atoms with E-state index in [4.69, 9.17) is 0 Å². The maximum atomic E-state index is 9.89.